The van der Waals surface area contributed by atoms with Crippen molar-refractivity contribution in [3.63, 3.8) is 0 Å². The van der Waals surface area contributed by atoms with Gasteiger partial charge >= 0.3 is 5.97 Å². The lowest BCUT2D eigenvalue weighted by Crippen LogP contribution is -2.23. The normalized spacial score (nSPS) is 11.6. The number of rotatable bonds is 5. The molecule has 0 spiro atoms. The van der Waals surface area contributed by atoms with Crippen LogP contribution < -0.4 is 0 Å². The molecule has 7 heteroatoms. The predicted molar refractivity (Wildman–Crippen MR) is 66.7 cm³/mol. The van der Waals surface area contributed by atoms with Gasteiger partial charge in [0.2, 0.25) is 0 Å². The highest BCUT2D eigenvalue weighted by molar-refractivity contribution is 5.86. The Morgan fingerprint density at radius 1 is 1.35 bits per heavy atom. The minimum atomic E-state index is -3.14. The molecule has 0 aliphatic rings. The van der Waals surface area contributed by atoms with Gasteiger partial charge in [0.15, 0.2) is 5.69 Å². The fourth-order valence-electron chi connectivity index (χ4n) is 1.94. The Morgan fingerprint density at radius 2 is 2.00 bits per heavy atom. The van der Waals surface area contributed by atoms with E-state index in [2.05, 4.69) is 10.3 Å². The zero-order valence-corrected chi connectivity index (χ0v) is 10.8. The molecule has 1 N–H and O–H groups in total. The fourth-order valence-corrected chi connectivity index (χ4v) is 1.94. The summed E-state index contributed by atoms with van der Waals surface area (Å²) < 4.78 is 29.2. The van der Waals surface area contributed by atoms with Crippen molar-refractivity contribution in [2.75, 3.05) is 0 Å². The molecular formula is C13H13F2N3O2. The largest absolute Gasteiger partial charge is 0.476 e. The Hall–Kier alpha value is -2.31. The van der Waals surface area contributed by atoms with E-state index >= 15 is 0 Å². The van der Waals surface area contributed by atoms with Crippen molar-refractivity contribution in [3.05, 3.63) is 47.3 Å². The Balaban J connectivity index is 2.32. The molecule has 0 radical (unpaired) electrons. The van der Waals surface area contributed by atoms with Gasteiger partial charge in [-0.1, -0.05) is 42.5 Å². The second-order valence-corrected chi connectivity index (χ2v) is 4.27. The van der Waals surface area contributed by atoms with E-state index in [0.29, 0.717) is 0 Å². The summed E-state index contributed by atoms with van der Waals surface area (Å²) in [6.45, 7) is 0.933. The van der Waals surface area contributed by atoms with E-state index in [0.717, 1.165) is 4.68 Å². The predicted octanol–water partition coefficient (Wildman–Crippen LogP) is 2.33. The summed E-state index contributed by atoms with van der Waals surface area (Å²) >= 11 is 0. The summed E-state index contributed by atoms with van der Waals surface area (Å²) in [5.74, 6) is -4.41. The third-order valence-electron chi connectivity index (χ3n) is 2.92. The number of benzene rings is 1. The molecular weight excluding hydrogens is 268 g/mol. The van der Waals surface area contributed by atoms with Crippen LogP contribution in [0.1, 0.15) is 28.7 Å². The van der Waals surface area contributed by atoms with Gasteiger partial charge in [-0.25, -0.2) is 9.48 Å². The number of aromatic carboxylic acids is 1. The zero-order valence-electron chi connectivity index (χ0n) is 10.8. The van der Waals surface area contributed by atoms with E-state index in [-0.39, 0.29) is 23.4 Å². The molecule has 2 rings (SSSR count). The number of aromatic nitrogens is 3. The Bertz CT molecular complexity index is 611. The Morgan fingerprint density at radius 3 is 2.55 bits per heavy atom. The summed E-state index contributed by atoms with van der Waals surface area (Å²) in [7, 11) is 0. The molecule has 2 aromatic rings. The van der Waals surface area contributed by atoms with Gasteiger partial charge in [0.1, 0.15) is 6.54 Å². The van der Waals surface area contributed by atoms with Gasteiger partial charge < -0.3 is 5.11 Å². The molecule has 0 bridgehead atoms. The lowest BCUT2D eigenvalue weighted by molar-refractivity contribution is -0.0265. The standard InChI is InChI=1S/C13H13F2N3O2/c1-2-10-11(12(19)20)16-17-18(10)8-13(14,15)9-6-4-3-5-7-9/h3-7H,2,8H2,1H3,(H,19,20). The maximum absolute atomic E-state index is 14.1. The van der Waals surface area contributed by atoms with Crippen LogP contribution >= 0.6 is 0 Å². The third kappa shape index (κ3) is 2.66. The number of hydrogen-bond donors (Lipinski definition) is 1. The minimum absolute atomic E-state index is 0.144. The van der Waals surface area contributed by atoms with Gasteiger partial charge in [-0.3, -0.25) is 0 Å². The first-order chi connectivity index (χ1) is 9.45. The van der Waals surface area contributed by atoms with Crippen LogP contribution in [-0.4, -0.2) is 26.1 Å². The lowest BCUT2D eigenvalue weighted by Gasteiger charge is -2.17. The summed E-state index contributed by atoms with van der Waals surface area (Å²) in [4.78, 5) is 10.9. The first-order valence-corrected chi connectivity index (χ1v) is 6.04. The van der Waals surface area contributed by atoms with Crippen LogP contribution in [0.2, 0.25) is 0 Å². The number of halogens is 2. The maximum Gasteiger partial charge on any atom is 0.358 e. The number of carboxylic acids is 1. The smallest absolute Gasteiger partial charge is 0.358 e. The average molecular weight is 281 g/mol. The van der Waals surface area contributed by atoms with Crippen LogP contribution in [0.5, 0.6) is 0 Å². The third-order valence-corrected chi connectivity index (χ3v) is 2.92. The molecule has 0 aliphatic heterocycles. The molecule has 0 amide bonds. The van der Waals surface area contributed by atoms with Crippen molar-refractivity contribution in [3.8, 4) is 0 Å². The molecule has 0 aliphatic carbocycles. The SMILES string of the molecule is CCc1c(C(=O)O)nnn1CC(F)(F)c1ccccc1. The van der Waals surface area contributed by atoms with Gasteiger partial charge in [0.05, 0.1) is 5.69 Å². The Kier molecular flexibility index (Phi) is 3.78. The lowest BCUT2D eigenvalue weighted by atomic mass is 10.1. The first-order valence-electron chi connectivity index (χ1n) is 6.04. The fraction of sp³-hybridized carbons (Fsp3) is 0.308. The highest BCUT2D eigenvalue weighted by atomic mass is 19.3. The van der Waals surface area contributed by atoms with Crippen LogP contribution in [0.4, 0.5) is 8.78 Å². The monoisotopic (exact) mass is 281 g/mol. The topological polar surface area (TPSA) is 68.0 Å². The van der Waals surface area contributed by atoms with Crippen molar-refractivity contribution in [1.82, 2.24) is 15.0 Å². The molecule has 0 fully saturated rings. The van der Waals surface area contributed by atoms with E-state index in [1.807, 2.05) is 0 Å². The summed E-state index contributed by atoms with van der Waals surface area (Å²) in [6, 6.07) is 7.33. The van der Waals surface area contributed by atoms with Crippen LogP contribution in [-0.2, 0) is 18.9 Å². The molecule has 1 aromatic heterocycles. The Labute approximate surface area is 113 Å². The minimum Gasteiger partial charge on any atom is -0.476 e. The number of carbonyl (C=O) groups is 1. The van der Waals surface area contributed by atoms with Crippen molar-refractivity contribution < 1.29 is 18.7 Å². The first kappa shape index (κ1) is 14.1. The molecule has 1 heterocycles. The van der Waals surface area contributed by atoms with Crippen molar-refractivity contribution >= 4 is 5.97 Å². The van der Waals surface area contributed by atoms with Crippen molar-refractivity contribution in [2.45, 2.75) is 25.8 Å². The second kappa shape index (κ2) is 5.36. The molecule has 0 atom stereocenters. The van der Waals surface area contributed by atoms with Crippen LogP contribution in [0, 0.1) is 0 Å². The number of alkyl halides is 2. The van der Waals surface area contributed by atoms with Crippen LogP contribution in [0.25, 0.3) is 0 Å². The van der Waals surface area contributed by atoms with E-state index < -0.39 is 18.4 Å². The molecule has 106 valence electrons. The van der Waals surface area contributed by atoms with E-state index in [1.165, 1.54) is 24.3 Å². The van der Waals surface area contributed by atoms with Gasteiger partial charge in [-0.15, -0.1) is 5.10 Å². The van der Waals surface area contributed by atoms with E-state index in [1.54, 1.807) is 13.0 Å². The van der Waals surface area contributed by atoms with Crippen LogP contribution in [0.3, 0.4) is 0 Å². The second-order valence-electron chi connectivity index (χ2n) is 4.27. The number of nitrogens with zero attached hydrogens (tertiary/aromatic N) is 3. The molecule has 0 saturated heterocycles. The van der Waals surface area contributed by atoms with Gasteiger partial charge in [-0.2, -0.15) is 8.78 Å². The zero-order chi connectivity index (χ0) is 14.8. The summed E-state index contributed by atoms with van der Waals surface area (Å²) in [6.07, 6.45) is 0.263. The quantitative estimate of drug-likeness (QED) is 0.913. The average Bonchev–Trinajstić information content (AvgIpc) is 2.82. The molecule has 0 unspecified atom stereocenters. The summed E-state index contributed by atoms with van der Waals surface area (Å²) in [5, 5.41) is 15.9. The maximum atomic E-state index is 14.1. The molecule has 20 heavy (non-hydrogen) atoms. The van der Waals surface area contributed by atoms with E-state index in [9.17, 15) is 13.6 Å². The molecule has 0 saturated carbocycles. The van der Waals surface area contributed by atoms with Crippen molar-refractivity contribution in [1.29, 1.82) is 0 Å². The van der Waals surface area contributed by atoms with Crippen LogP contribution in [0.15, 0.2) is 30.3 Å². The molecule has 5 nitrogen and oxygen atoms in total. The van der Waals surface area contributed by atoms with E-state index in [4.69, 9.17) is 5.11 Å². The van der Waals surface area contributed by atoms with Crippen molar-refractivity contribution in [2.24, 2.45) is 0 Å². The van der Waals surface area contributed by atoms with Gasteiger partial charge in [-0.05, 0) is 6.42 Å². The number of hydrogen-bond acceptors (Lipinski definition) is 3. The number of carboxylic acid groups (broad SMARTS) is 1. The van der Waals surface area contributed by atoms with Gasteiger partial charge in [0.25, 0.3) is 5.92 Å². The van der Waals surface area contributed by atoms with Gasteiger partial charge in [0, 0.05) is 5.56 Å². The highest BCUT2D eigenvalue weighted by Gasteiger charge is 2.34. The molecule has 1 aromatic carbocycles. The summed E-state index contributed by atoms with van der Waals surface area (Å²) in [5.41, 5.74) is -0.237. The highest BCUT2D eigenvalue weighted by Crippen LogP contribution is 2.30.